The van der Waals surface area contributed by atoms with Gasteiger partial charge in [0.05, 0.1) is 4.34 Å². The van der Waals surface area contributed by atoms with Gasteiger partial charge in [-0.1, -0.05) is 41.9 Å². The molecule has 1 aromatic carbocycles. The molecule has 1 atom stereocenters. The Hall–Kier alpha value is -0.480. The van der Waals surface area contributed by atoms with Gasteiger partial charge in [-0.15, -0.1) is 11.3 Å². The summed E-state index contributed by atoms with van der Waals surface area (Å²) < 4.78 is 0.859. The first-order valence-corrected chi connectivity index (χ1v) is 8.10. The molecule has 0 saturated heterocycles. The Morgan fingerprint density at radius 2 is 1.95 bits per heavy atom. The quantitative estimate of drug-likeness (QED) is 0.766. The van der Waals surface area contributed by atoms with Crippen molar-refractivity contribution >= 4 is 35.6 Å². The van der Waals surface area contributed by atoms with E-state index in [-0.39, 0.29) is 0 Å². The third-order valence-corrected chi connectivity index (χ3v) is 4.73. The van der Waals surface area contributed by atoms with Gasteiger partial charge in [0, 0.05) is 23.9 Å². The van der Waals surface area contributed by atoms with Gasteiger partial charge in [-0.2, -0.15) is 12.6 Å². The van der Waals surface area contributed by atoms with Crippen LogP contribution in [0.15, 0.2) is 42.5 Å². The molecule has 1 unspecified atom stereocenters. The fraction of sp³-hybridized carbons (Fsp3) is 0.333. The number of halogens is 1. The summed E-state index contributed by atoms with van der Waals surface area (Å²) in [6.07, 6.45) is 0. The SMILES string of the molecule is CN(Cc1ccc(Cl)s1)CC(CS)c1ccccc1. The van der Waals surface area contributed by atoms with Gasteiger partial charge >= 0.3 is 0 Å². The van der Waals surface area contributed by atoms with Crippen molar-refractivity contribution in [2.45, 2.75) is 12.5 Å². The van der Waals surface area contributed by atoms with Crippen LogP contribution in [0.3, 0.4) is 0 Å². The minimum absolute atomic E-state index is 0.463. The highest BCUT2D eigenvalue weighted by atomic mass is 35.5. The van der Waals surface area contributed by atoms with E-state index in [9.17, 15) is 0 Å². The van der Waals surface area contributed by atoms with Crippen molar-refractivity contribution < 1.29 is 0 Å². The maximum Gasteiger partial charge on any atom is 0.0931 e. The molecule has 0 N–H and O–H groups in total. The van der Waals surface area contributed by atoms with Crippen LogP contribution >= 0.6 is 35.6 Å². The molecule has 0 radical (unpaired) electrons. The standard InChI is InChI=1S/C15H18ClNS2/c1-17(10-14-7-8-15(16)19-14)9-13(11-18)12-5-3-2-4-6-12/h2-8,13,18H,9-11H2,1H3. The van der Waals surface area contributed by atoms with E-state index in [0.29, 0.717) is 5.92 Å². The van der Waals surface area contributed by atoms with E-state index < -0.39 is 0 Å². The van der Waals surface area contributed by atoms with Crippen molar-refractivity contribution in [3.05, 3.63) is 57.2 Å². The maximum atomic E-state index is 5.96. The summed E-state index contributed by atoms with van der Waals surface area (Å²) in [5.74, 6) is 1.32. The number of benzene rings is 1. The Morgan fingerprint density at radius 3 is 2.53 bits per heavy atom. The molecule has 1 nitrogen and oxygen atoms in total. The number of thiol groups is 1. The lowest BCUT2D eigenvalue weighted by Crippen LogP contribution is -2.24. The topological polar surface area (TPSA) is 3.24 Å². The van der Waals surface area contributed by atoms with Gasteiger partial charge in [0.15, 0.2) is 0 Å². The van der Waals surface area contributed by atoms with Crippen LogP contribution in [-0.2, 0) is 6.54 Å². The Balaban J connectivity index is 1.95. The van der Waals surface area contributed by atoms with Crippen LogP contribution in [-0.4, -0.2) is 24.2 Å². The molecule has 0 saturated carbocycles. The molecule has 0 bridgehead atoms. The van der Waals surface area contributed by atoms with Crippen molar-refractivity contribution in [1.82, 2.24) is 4.90 Å². The van der Waals surface area contributed by atoms with E-state index in [4.69, 9.17) is 11.6 Å². The predicted molar refractivity (Wildman–Crippen MR) is 88.7 cm³/mol. The Labute approximate surface area is 129 Å². The summed E-state index contributed by atoms with van der Waals surface area (Å²) in [7, 11) is 2.15. The molecule has 0 amide bonds. The van der Waals surface area contributed by atoms with Crippen LogP contribution in [0.1, 0.15) is 16.4 Å². The highest BCUT2D eigenvalue weighted by Gasteiger charge is 2.13. The van der Waals surface area contributed by atoms with Gasteiger partial charge in [0.25, 0.3) is 0 Å². The molecule has 2 aromatic rings. The van der Waals surface area contributed by atoms with Crippen molar-refractivity contribution in [3.63, 3.8) is 0 Å². The summed E-state index contributed by atoms with van der Waals surface area (Å²) in [5.41, 5.74) is 1.36. The van der Waals surface area contributed by atoms with E-state index in [2.05, 4.69) is 61.0 Å². The van der Waals surface area contributed by atoms with Crippen molar-refractivity contribution in [2.24, 2.45) is 0 Å². The smallest absolute Gasteiger partial charge is 0.0931 e. The molecule has 19 heavy (non-hydrogen) atoms. The summed E-state index contributed by atoms with van der Waals surface area (Å²) in [5, 5.41) is 0. The lowest BCUT2D eigenvalue weighted by Gasteiger charge is -2.22. The molecule has 4 heteroatoms. The van der Waals surface area contributed by atoms with Gasteiger partial charge in [0.1, 0.15) is 0 Å². The Kier molecular flexibility index (Phi) is 5.76. The monoisotopic (exact) mass is 311 g/mol. The van der Waals surface area contributed by atoms with Gasteiger partial charge in [0.2, 0.25) is 0 Å². The van der Waals surface area contributed by atoms with Crippen LogP contribution in [0.4, 0.5) is 0 Å². The van der Waals surface area contributed by atoms with Gasteiger partial charge in [-0.25, -0.2) is 0 Å². The second-order valence-corrected chi connectivity index (χ2v) is 6.86. The molecular formula is C15H18ClNS2. The molecule has 1 aromatic heterocycles. The second kappa shape index (κ2) is 7.34. The molecule has 0 aliphatic rings. The summed E-state index contributed by atoms with van der Waals surface area (Å²) >= 11 is 12.1. The van der Waals surface area contributed by atoms with E-state index in [0.717, 1.165) is 23.2 Å². The third kappa shape index (κ3) is 4.53. The fourth-order valence-corrected chi connectivity index (χ4v) is 3.63. The number of rotatable bonds is 6. The summed E-state index contributed by atoms with van der Waals surface area (Å²) in [6.45, 7) is 1.94. The first-order valence-electron chi connectivity index (χ1n) is 6.27. The number of thiophene rings is 1. The molecule has 0 fully saturated rings. The predicted octanol–water partition coefficient (Wildman–Crippen LogP) is 4.55. The van der Waals surface area contributed by atoms with E-state index >= 15 is 0 Å². The minimum atomic E-state index is 0.463. The van der Waals surface area contributed by atoms with Gasteiger partial charge < -0.3 is 4.90 Å². The number of likely N-dealkylation sites (N-methyl/N-ethyl adjacent to an activating group) is 1. The van der Waals surface area contributed by atoms with Crippen LogP contribution in [0.5, 0.6) is 0 Å². The first-order chi connectivity index (χ1) is 9.19. The van der Waals surface area contributed by atoms with Crippen LogP contribution in [0.2, 0.25) is 4.34 Å². The fourth-order valence-electron chi connectivity index (χ4n) is 2.14. The summed E-state index contributed by atoms with van der Waals surface area (Å²) in [6, 6.07) is 14.6. The zero-order valence-corrected chi connectivity index (χ0v) is 13.4. The highest BCUT2D eigenvalue weighted by Crippen LogP contribution is 2.24. The zero-order valence-electron chi connectivity index (χ0n) is 10.9. The van der Waals surface area contributed by atoms with E-state index in [1.54, 1.807) is 11.3 Å². The highest BCUT2D eigenvalue weighted by molar-refractivity contribution is 7.80. The summed E-state index contributed by atoms with van der Waals surface area (Å²) in [4.78, 5) is 3.63. The molecule has 2 rings (SSSR count). The number of hydrogen-bond donors (Lipinski definition) is 1. The average molecular weight is 312 g/mol. The number of nitrogens with zero attached hydrogens (tertiary/aromatic N) is 1. The molecule has 0 spiro atoms. The Morgan fingerprint density at radius 1 is 1.21 bits per heavy atom. The number of hydrogen-bond acceptors (Lipinski definition) is 3. The van der Waals surface area contributed by atoms with Gasteiger partial charge in [-0.05, 0) is 30.5 Å². The lowest BCUT2D eigenvalue weighted by molar-refractivity contribution is 0.314. The zero-order chi connectivity index (χ0) is 13.7. The van der Waals surface area contributed by atoms with Crippen molar-refractivity contribution in [3.8, 4) is 0 Å². The van der Waals surface area contributed by atoms with Crippen molar-refractivity contribution in [2.75, 3.05) is 19.3 Å². The lowest BCUT2D eigenvalue weighted by atomic mass is 10.0. The normalized spacial score (nSPS) is 12.8. The maximum absolute atomic E-state index is 5.96. The van der Waals surface area contributed by atoms with E-state index in [1.165, 1.54) is 10.4 Å². The first kappa shape index (κ1) is 14.9. The van der Waals surface area contributed by atoms with Crippen LogP contribution in [0.25, 0.3) is 0 Å². The van der Waals surface area contributed by atoms with E-state index in [1.807, 2.05) is 6.07 Å². The van der Waals surface area contributed by atoms with Gasteiger partial charge in [-0.3, -0.25) is 0 Å². The van der Waals surface area contributed by atoms with Crippen LogP contribution < -0.4 is 0 Å². The third-order valence-electron chi connectivity index (χ3n) is 3.08. The molecule has 0 aliphatic carbocycles. The molecule has 102 valence electrons. The minimum Gasteiger partial charge on any atom is -0.301 e. The second-order valence-electron chi connectivity index (χ2n) is 4.69. The van der Waals surface area contributed by atoms with Crippen LogP contribution in [0, 0.1) is 0 Å². The molecule has 1 heterocycles. The van der Waals surface area contributed by atoms with Crippen molar-refractivity contribution in [1.29, 1.82) is 0 Å². The molecule has 0 aliphatic heterocycles. The molecular weight excluding hydrogens is 294 g/mol. The largest absolute Gasteiger partial charge is 0.301 e. The Bertz CT molecular complexity index is 498. The average Bonchev–Trinajstić information content (AvgIpc) is 2.82.